The summed E-state index contributed by atoms with van der Waals surface area (Å²) in [5.41, 5.74) is 3.36. The van der Waals surface area contributed by atoms with Gasteiger partial charge in [0.25, 0.3) is 0 Å². The van der Waals surface area contributed by atoms with Crippen molar-refractivity contribution in [2.75, 3.05) is 13.6 Å². The van der Waals surface area contributed by atoms with Crippen molar-refractivity contribution < 1.29 is 24.3 Å². The number of fused-ring (bicyclic) bond motifs is 5. The highest BCUT2D eigenvalue weighted by molar-refractivity contribution is 5.85. The molecule has 4 rings (SSSR count). The maximum atomic E-state index is 12.0. The Morgan fingerprint density at radius 1 is 0.974 bits per heavy atom. The molecule has 0 aromatic heterocycles. The van der Waals surface area contributed by atoms with Gasteiger partial charge in [-0.05, 0) is 111 Å². The number of hydrogen-bond acceptors (Lipinski definition) is 6. The van der Waals surface area contributed by atoms with Gasteiger partial charge in [0.1, 0.15) is 11.6 Å². The first-order valence-corrected chi connectivity index (χ1v) is 15.3. The average Bonchev–Trinajstić information content (AvgIpc) is 3.23. The van der Waals surface area contributed by atoms with Crippen molar-refractivity contribution >= 4 is 17.5 Å². The molecule has 0 radical (unpaired) electrons. The van der Waals surface area contributed by atoms with Gasteiger partial charge in [-0.15, -0.1) is 0 Å². The number of hydrogen-bond donors (Lipinski definition) is 3. The summed E-state index contributed by atoms with van der Waals surface area (Å²) in [4.78, 5) is 40.9. The van der Waals surface area contributed by atoms with Crippen molar-refractivity contribution in [1.82, 2.24) is 10.8 Å². The summed E-state index contributed by atoms with van der Waals surface area (Å²) in [7, 11) is 1.72. The molecule has 38 heavy (non-hydrogen) atoms. The third-order valence-corrected chi connectivity index (χ3v) is 11.8. The fraction of sp³-hybridized carbons (Fsp3) is 0.903. The molecule has 4 saturated carbocycles. The fourth-order valence-electron chi connectivity index (χ4n) is 9.59. The molecule has 4 aliphatic carbocycles. The highest BCUT2D eigenvalue weighted by atomic mass is 16.7. The fourth-order valence-corrected chi connectivity index (χ4v) is 9.59. The lowest BCUT2D eigenvalue weighted by Gasteiger charge is -2.62. The van der Waals surface area contributed by atoms with E-state index >= 15 is 0 Å². The number of nitrogens with one attached hydrogen (secondary N) is 2. The van der Waals surface area contributed by atoms with Gasteiger partial charge >= 0.3 is 0 Å². The van der Waals surface area contributed by atoms with Gasteiger partial charge in [0.05, 0.1) is 18.8 Å². The van der Waals surface area contributed by atoms with E-state index in [9.17, 15) is 19.5 Å². The van der Waals surface area contributed by atoms with Gasteiger partial charge in [-0.25, -0.2) is 0 Å². The lowest BCUT2D eigenvalue weighted by Crippen LogP contribution is -2.59. The minimum Gasteiger partial charge on any atom is -0.393 e. The van der Waals surface area contributed by atoms with E-state index < -0.39 is 0 Å². The molecule has 7 heteroatoms. The highest BCUT2D eigenvalue weighted by Crippen LogP contribution is 2.68. The Hall–Kier alpha value is -1.31. The maximum Gasteiger partial charge on any atom is 0.219 e. The van der Waals surface area contributed by atoms with Crippen LogP contribution in [0.5, 0.6) is 0 Å². The van der Waals surface area contributed by atoms with Crippen molar-refractivity contribution in [3.05, 3.63) is 0 Å². The molecule has 4 fully saturated rings. The predicted molar refractivity (Wildman–Crippen MR) is 147 cm³/mol. The number of amides is 1. The van der Waals surface area contributed by atoms with E-state index in [1.54, 1.807) is 7.05 Å². The van der Waals surface area contributed by atoms with Crippen molar-refractivity contribution in [1.29, 1.82) is 0 Å². The normalized spacial score (nSPS) is 40.9. The minimum atomic E-state index is -0.262. The van der Waals surface area contributed by atoms with E-state index in [1.165, 1.54) is 32.6 Å². The third kappa shape index (κ3) is 5.90. The lowest BCUT2D eigenvalue weighted by molar-refractivity contribution is -0.184. The van der Waals surface area contributed by atoms with Gasteiger partial charge in [-0.1, -0.05) is 20.8 Å². The molecule has 0 aliphatic heterocycles. The van der Waals surface area contributed by atoms with Crippen LogP contribution in [0.3, 0.4) is 0 Å². The number of ketones is 2. The summed E-state index contributed by atoms with van der Waals surface area (Å²) in [6.07, 6.45) is 10.6. The molecule has 216 valence electrons. The number of aliphatic hydroxyl groups excluding tert-OH is 1. The monoisotopic (exact) mass is 532 g/mol. The molecule has 4 aliphatic rings. The summed E-state index contributed by atoms with van der Waals surface area (Å²) in [5, 5.41) is 14.4. The highest BCUT2D eigenvalue weighted by Gasteiger charge is 2.63. The first-order chi connectivity index (χ1) is 18.0. The quantitative estimate of drug-likeness (QED) is 0.336. The Morgan fingerprint density at radius 2 is 1.68 bits per heavy atom. The van der Waals surface area contributed by atoms with E-state index in [1.807, 2.05) is 0 Å². The van der Waals surface area contributed by atoms with Gasteiger partial charge in [0, 0.05) is 26.3 Å². The first-order valence-electron chi connectivity index (χ1n) is 15.3. The van der Waals surface area contributed by atoms with Crippen molar-refractivity contribution in [2.45, 2.75) is 117 Å². The number of rotatable bonds is 11. The Balaban J connectivity index is 1.36. The van der Waals surface area contributed by atoms with Gasteiger partial charge in [0.2, 0.25) is 5.91 Å². The van der Waals surface area contributed by atoms with Crippen LogP contribution in [0.25, 0.3) is 0 Å². The second-order valence-corrected chi connectivity index (χ2v) is 13.8. The number of aliphatic hydroxyl groups is 1. The van der Waals surface area contributed by atoms with Crippen LogP contribution in [0.1, 0.15) is 105 Å². The van der Waals surface area contributed by atoms with Gasteiger partial charge in [0.15, 0.2) is 0 Å². The van der Waals surface area contributed by atoms with Crippen LogP contribution >= 0.6 is 0 Å². The van der Waals surface area contributed by atoms with Crippen LogP contribution < -0.4 is 10.8 Å². The third-order valence-electron chi connectivity index (χ3n) is 11.8. The standard InChI is InChI=1S/C31H52N2O5/c1-19(6-11-28(37)32-5)24-9-10-25-29-26(13-15-31(24,25)4)30(3)14-12-23(16-21(30)17-27(29)36)38-33-18-22(35)8-7-20(2)34/h19,21,23-27,29,33,36H,6-18H2,1-5H3,(H,32,37). The second-order valence-electron chi connectivity index (χ2n) is 13.8. The molecule has 0 aromatic rings. The molecular formula is C31H52N2O5. The summed E-state index contributed by atoms with van der Waals surface area (Å²) in [5.74, 6) is 3.25. The Bertz CT molecular complexity index is 878. The van der Waals surface area contributed by atoms with E-state index in [-0.39, 0.29) is 53.5 Å². The molecule has 0 spiro atoms. The van der Waals surface area contributed by atoms with E-state index in [2.05, 4.69) is 31.6 Å². The summed E-state index contributed by atoms with van der Waals surface area (Å²) >= 11 is 0. The zero-order chi connectivity index (χ0) is 27.7. The van der Waals surface area contributed by atoms with Crippen LogP contribution in [0.2, 0.25) is 0 Å². The van der Waals surface area contributed by atoms with Crippen LogP contribution in [0.15, 0.2) is 0 Å². The number of Topliss-reactive ketones (excluding diaryl/α,β-unsaturated/α-hetero) is 2. The Morgan fingerprint density at radius 3 is 2.39 bits per heavy atom. The predicted octanol–water partition coefficient (Wildman–Crippen LogP) is 4.61. The largest absolute Gasteiger partial charge is 0.393 e. The zero-order valence-electron chi connectivity index (χ0n) is 24.4. The van der Waals surface area contributed by atoms with Gasteiger partial charge in [-0.3, -0.25) is 14.4 Å². The molecule has 0 bridgehead atoms. The van der Waals surface area contributed by atoms with E-state index in [4.69, 9.17) is 4.84 Å². The molecule has 1 amide bonds. The number of carbonyl (C=O) groups is 3. The van der Waals surface area contributed by atoms with Gasteiger partial charge < -0.3 is 15.2 Å². The van der Waals surface area contributed by atoms with Crippen molar-refractivity contribution in [3.63, 3.8) is 0 Å². The van der Waals surface area contributed by atoms with Crippen LogP contribution in [-0.4, -0.2) is 48.4 Å². The van der Waals surface area contributed by atoms with Crippen LogP contribution in [-0.2, 0) is 19.2 Å². The molecule has 10 unspecified atom stereocenters. The lowest BCUT2D eigenvalue weighted by atomic mass is 9.43. The Kier molecular flexibility index (Phi) is 9.41. The van der Waals surface area contributed by atoms with Gasteiger partial charge in [-0.2, -0.15) is 5.48 Å². The summed E-state index contributed by atoms with van der Waals surface area (Å²) < 4.78 is 0. The summed E-state index contributed by atoms with van der Waals surface area (Å²) in [6, 6.07) is 0. The molecule has 0 aromatic carbocycles. The molecule has 0 saturated heterocycles. The molecular weight excluding hydrogens is 480 g/mol. The minimum absolute atomic E-state index is 0.000140. The first kappa shape index (κ1) is 29.7. The smallest absolute Gasteiger partial charge is 0.219 e. The number of hydroxylamine groups is 1. The molecule has 0 heterocycles. The molecule has 10 atom stereocenters. The zero-order valence-corrected chi connectivity index (χ0v) is 24.4. The van der Waals surface area contributed by atoms with Crippen molar-refractivity contribution in [3.8, 4) is 0 Å². The van der Waals surface area contributed by atoms with E-state index in [0.717, 1.165) is 32.1 Å². The number of carbonyl (C=O) groups excluding carboxylic acids is 3. The van der Waals surface area contributed by atoms with Crippen molar-refractivity contribution in [2.24, 2.45) is 46.3 Å². The molecule has 7 nitrogen and oxygen atoms in total. The van der Waals surface area contributed by atoms with E-state index in [0.29, 0.717) is 48.3 Å². The molecule has 3 N–H and O–H groups in total. The van der Waals surface area contributed by atoms with Crippen LogP contribution in [0.4, 0.5) is 0 Å². The second kappa shape index (κ2) is 12.1. The SMILES string of the molecule is CNC(=O)CCC(C)C1CCC2C3C(O)CC4CC(ONCC(=O)CCC(C)=O)CCC4(C)C3CCC12C. The Labute approximate surface area is 229 Å². The maximum absolute atomic E-state index is 12.0. The average molecular weight is 533 g/mol. The van der Waals surface area contributed by atoms with Crippen LogP contribution in [0, 0.1) is 46.3 Å². The topological polar surface area (TPSA) is 105 Å². The summed E-state index contributed by atoms with van der Waals surface area (Å²) in [6.45, 7) is 8.97.